The Balaban J connectivity index is 1.96. The van der Waals surface area contributed by atoms with Gasteiger partial charge in [-0.2, -0.15) is 20.5 Å². The lowest BCUT2D eigenvalue weighted by atomic mass is 10.2. The maximum absolute atomic E-state index is 14.4. The monoisotopic (exact) mass is 502 g/mol. The van der Waals surface area contributed by atoms with Crippen LogP contribution < -0.4 is 9.64 Å². The molecule has 1 aliphatic rings. The molecule has 1 aliphatic heterocycles. The zero-order chi connectivity index (χ0) is 26.0. The molecule has 1 aromatic carbocycles. The van der Waals surface area contributed by atoms with Gasteiger partial charge in [-0.15, -0.1) is 0 Å². The van der Waals surface area contributed by atoms with Gasteiger partial charge in [-0.25, -0.2) is 17.6 Å². The van der Waals surface area contributed by atoms with Gasteiger partial charge in [0.15, 0.2) is 22.9 Å². The third-order valence-corrected chi connectivity index (χ3v) is 5.62. The van der Waals surface area contributed by atoms with E-state index in [1.165, 1.54) is 17.0 Å². The van der Waals surface area contributed by atoms with Gasteiger partial charge in [-0.05, 0) is 39.0 Å². The Morgan fingerprint density at radius 2 is 1.77 bits per heavy atom. The molecule has 2 heterocycles. The van der Waals surface area contributed by atoms with E-state index in [1.54, 1.807) is 31.7 Å². The number of halogens is 1. The molecule has 0 saturated carbocycles. The van der Waals surface area contributed by atoms with Crippen molar-refractivity contribution in [3.63, 3.8) is 0 Å². The first-order valence-electron chi connectivity index (χ1n) is 10.4. The molecule has 13 heteroatoms. The maximum Gasteiger partial charge on any atom is 0.410 e. The van der Waals surface area contributed by atoms with E-state index in [0.717, 1.165) is 12.3 Å². The van der Waals surface area contributed by atoms with E-state index < -0.39 is 38.4 Å². The van der Waals surface area contributed by atoms with Crippen molar-refractivity contribution in [1.82, 2.24) is 14.9 Å². The number of piperazine rings is 1. The summed E-state index contributed by atoms with van der Waals surface area (Å²) >= 11 is 0. The summed E-state index contributed by atoms with van der Waals surface area (Å²) in [5.41, 5.74) is -0.808. The van der Waals surface area contributed by atoms with Crippen LogP contribution in [0.2, 0.25) is 0 Å². The summed E-state index contributed by atoms with van der Waals surface area (Å²) in [6, 6.07) is 7.11. The van der Waals surface area contributed by atoms with Crippen LogP contribution in [-0.4, -0.2) is 67.4 Å². The quantitative estimate of drug-likeness (QED) is 0.571. The largest absolute Gasteiger partial charge is 0.444 e. The third-order valence-electron chi connectivity index (χ3n) is 4.78. The fourth-order valence-electron chi connectivity index (χ4n) is 3.16. The summed E-state index contributed by atoms with van der Waals surface area (Å²) in [6.07, 6.45) is 0.405. The average Bonchev–Trinajstić information content (AvgIpc) is 2.78. The van der Waals surface area contributed by atoms with Crippen LogP contribution in [0.5, 0.6) is 11.6 Å². The lowest BCUT2D eigenvalue weighted by molar-refractivity contribution is 0.0240. The first-order chi connectivity index (χ1) is 16.3. The number of hydrogen-bond acceptors (Lipinski definition) is 10. The van der Waals surface area contributed by atoms with Gasteiger partial charge in [0.25, 0.3) is 5.16 Å². The highest BCUT2D eigenvalue weighted by atomic mass is 32.2. The number of hydrogen-bond donors (Lipinski definition) is 0. The van der Waals surface area contributed by atoms with Gasteiger partial charge in [-0.3, -0.25) is 0 Å². The van der Waals surface area contributed by atoms with Crippen LogP contribution in [0.4, 0.5) is 15.0 Å². The molecule has 11 nitrogen and oxygen atoms in total. The minimum atomic E-state index is -3.93. The minimum Gasteiger partial charge on any atom is -0.444 e. The second kappa shape index (κ2) is 9.72. The summed E-state index contributed by atoms with van der Waals surface area (Å²) in [4.78, 5) is 23.4. The van der Waals surface area contributed by atoms with Gasteiger partial charge in [0, 0.05) is 32.4 Å². The minimum absolute atomic E-state index is 0.0178. The highest BCUT2D eigenvalue weighted by molar-refractivity contribution is 7.90. The fourth-order valence-corrected chi connectivity index (χ4v) is 3.66. The van der Waals surface area contributed by atoms with E-state index in [-0.39, 0.29) is 48.9 Å². The number of amides is 1. The molecule has 1 fully saturated rings. The molecule has 3 rings (SSSR count). The predicted molar refractivity (Wildman–Crippen MR) is 121 cm³/mol. The van der Waals surface area contributed by atoms with Crippen LogP contribution in [0, 0.1) is 28.5 Å². The van der Waals surface area contributed by atoms with Gasteiger partial charge in [0.2, 0.25) is 15.7 Å². The molecule has 1 amide bonds. The number of rotatable bonds is 4. The van der Waals surface area contributed by atoms with Crippen LogP contribution in [0.1, 0.15) is 31.9 Å². The summed E-state index contributed by atoms with van der Waals surface area (Å²) in [5.74, 6) is -1.70. The van der Waals surface area contributed by atoms with Crippen molar-refractivity contribution >= 4 is 21.7 Å². The molecule has 0 bridgehead atoms. The molecular formula is C22H23FN6O5S. The second-order valence-corrected chi connectivity index (χ2v) is 10.6. The van der Waals surface area contributed by atoms with E-state index in [4.69, 9.17) is 14.7 Å². The topological polar surface area (TPSA) is 150 Å². The first-order valence-corrected chi connectivity index (χ1v) is 12.3. The van der Waals surface area contributed by atoms with Crippen LogP contribution >= 0.6 is 0 Å². The van der Waals surface area contributed by atoms with Gasteiger partial charge >= 0.3 is 6.09 Å². The zero-order valence-electron chi connectivity index (χ0n) is 19.6. The molecule has 2 aromatic rings. The van der Waals surface area contributed by atoms with Gasteiger partial charge < -0.3 is 19.3 Å². The lowest BCUT2D eigenvalue weighted by Gasteiger charge is -2.36. The Morgan fingerprint density at radius 3 is 2.29 bits per heavy atom. The number of nitrogens with zero attached hydrogens (tertiary/aromatic N) is 6. The second-order valence-electron chi connectivity index (χ2n) is 8.71. The van der Waals surface area contributed by atoms with Gasteiger partial charge in [0.1, 0.15) is 11.7 Å². The Bertz CT molecular complexity index is 1340. The highest BCUT2D eigenvalue weighted by Crippen LogP contribution is 2.32. The summed E-state index contributed by atoms with van der Waals surface area (Å²) in [7, 11) is -3.93. The van der Waals surface area contributed by atoms with Crippen molar-refractivity contribution < 1.29 is 27.1 Å². The Morgan fingerprint density at radius 1 is 1.11 bits per heavy atom. The molecule has 0 spiro atoms. The standard InChI is InChI=1S/C22H23FN6O5S/c1-22(2,3)34-21(30)29-9-7-28(8-10-29)18-15(13-25)19(27-20(26-18)35(4,31)32)33-17-6-5-14(12-24)11-16(17)23/h5-6,11H,7-10H2,1-4H3. The van der Waals surface area contributed by atoms with E-state index in [0.29, 0.717) is 0 Å². The molecule has 35 heavy (non-hydrogen) atoms. The number of carbonyl (C=O) groups is 1. The van der Waals surface area contributed by atoms with Crippen molar-refractivity contribution in [2.75, 3.05) is 37.3 Å². The third kappa shape index (κ3) is 6.13. The Hall–Kier alpha value is -3.97. The Kier molecular flexibility index (Phi) is 7.12. The van der Waals surface area contributed by atoms with E-state index in [9.17, 15) is 22.9 Å². The van der Waals surface area contributed by atoms with Crippen LogP contribution in [-0.2, 0) is 14.6 Å². The number of anilines is 1. The Labute approximate surface area is 202 Å². The van der Waals surface area contributed by atoms with Gasteiger partial charge in [0.05, 0.1) is 11.6 Å². The highest BCUT2D eigenvalue weighted by Gasteiger charge is 2.30. The molecule has 1 aromatic heterocycles. The van der Waals surface area contributed by atoms with E-state index in [2.05, 4.69) is 9.97 Å². The fraction of sp³-hybridized carbons (Fsp3) is 0.409. The summed E-state index contributed by atoms with van der Waals surface area (Å²) < 4.78 is 49.7. The number of benzene rings is 1. The molecule has 0 unspecified atom stereocenters. The molecule has 184 valence electrons. The summed E-state index contributed by atoms with van der Waals surface area (Å²) in [6.45, 7) is 6.18. The molecule has 1 saturated heterocycles. The lowest BCUT2D eigenvalue weighted by Crippen LogP contribution is -2.50. The summed E-state index contributed by atoms with van der Waals surface area (Å²) in [5, 5.41) is 18.1. The number of aromatic nitrogens is 2. The van der Waals surface area contributed by atoms with Crippen LogP contribution in [0.15, 0.2) is 23.4 Å². The van der Waals surface area contributed by atoms with Crippen molar-refractivity contribution in [3.8, 4) is 23.8 Å². The number of ether oxygens (including phenoxy) is 2. The normalized spacial score (nSPS) is 14.1. The SMILES string of the molecule is CC(C)(C)OC(=O)N1CCN(c2nc(S(C)(=O)=O)nc(Oc3ccc(C#N)cc3F)c2C#N)CC1. The predicted octanol–water partition coefficient (Wildman–Crippen LogP) is 2.61. The molecule has 0 aliphatic carbocycles. The van der Waals surface area contributed by atoms with Crippen molar-refractivity contribution in [3.05, 3.63) is 35.1 Å². The zero-order valence-corrected chi connectivity index (χ0v) is 20.4. The maximum atomic E-state index is 14.4. The molecule has 0 N–H and O–H groups in total. The molecular weight excluding hydrogens is 479 g/mol. The van der Waals surface area contributed by atoms with E-state index in [1.807, 2.05) is 6.07 Å². The smallest absolute Gasteiger partial charge is 0.410 e. The van der Waals surface area contributed by atoms with Crippen LogP contribution in [0.3, 0.4) is 0 Å². The number of nitriles is 2. The van der Waals surface area contributed by atoms with Crippen molar-refractivity contribution in [2.45, 2.75) is 31.5 Å². The van der Waals surface area contributed by atoms with Crippen molar-refractivity contribution in [2.24, 2.45) is 0 Å². The number of sulfone groups is 1. The number of carbonyl (C=O) groups excluding carboxylic acids is 1. The first kappa shape index (κ1) is 25.6. The molecule has 0 radical (unpaired) electrons. The van der Waals surface area contributed by atoms with Gasteiger partial charge in [-0.1, -0.05) is 0 Å². The van der Waals surface area contributed by atoms with E-state index >= 15 is 0 Å². The van der Waals surface area contributed by atoms with Crippen LogP contribution in [0.25, 0.3) is 0 Å². The van der Waals surface area contributed by atoms with Crippen molar-refractivity contribution in [1.29, 1.82) is 10.5 Å². The molecule has 0 atom stereocenters. The average molecular weight is 503 g/mol.